The lowest BCUT2D eigenvalue weighted by molar-refractivity contribution is -0.120. The molecule has 0 radical (unpaired) electrons. The number of aromatic nitrogens is 3. The topological polar surface area (TPSA) is 67.9 Å². The normalized spacial score (nSPS) is 10.1. The van der Waals surface area contributed by atoms with E-state index >= 15 is 0 Å². The van der Waals surface area contributed by atoms with Gasteiger partial charge in [0, 0.05) is 7.11 Å². The Morgan fingerprint density at radius 1 is 1.83 bits per heavy atom. The number of nitrogens with one attached hydrogen (secondary N) is 1. The number of H-pyrrole nitrogens is 1. The first-order chi connectivity index (χ1) is 5.83. The van der Waals surface area contributed by atoms with Gasteiger partial charge in [-0.3, -0.25) is 9.89 Å². The Kier molecular flexibility index (Phi) is 3.75. The van der Waals surface area contributed by atoms with Crippen LogP contribution in [0.1, 0.15) is 0 Å². The van der Waals surface area contributed by atoms with Crippen LogP contribution in [-0.4, -0.2) is 40.4 Å². The third-order valence-electron chi connectivity index (χ3n) is 1.07. The van der Waals surface area contributed by atoms with E-state index in [0.29, 0.717) is 10.9 Å². The zero-order valence-electron chi connectivity index (χ0n) is 6.61. The van der Waals surface area contributed by atoms with Gasteiger partial charge in [-0.25, -0.2) is 4.98 Å². The molecule has 0 bridgehead atoms. The molecule has 0 spiro atoms. The van der Waals surface area contributed by atoms with Crippen molar-refractivity contribution in [2.45, 2.75) is 5.16 Å². The van der Waals surface area contributed by atoms with Crippen molar-refractivity contribution in [3.05, 3.63) is 6.33 Å². The predicted octanol–water partition coefficient (Wildman–Crippen LogP) is 0.112. The van der Waals surface area contributed by atoms with Crippen molar-refractivity contribution in [3.8, 4) is 0 Å². The number of hydrogen-bond acceptors (Lipinski definition) is 5. The van der Waals surface area contributed by atoms with Gasteiger partial charge >= 0.3 is 0 Å². The second-order valence-corrected chi connectivity index (χ2v) is 3.02. The van der Waals surface area contributed by atoms with Crippen LogP contribution in [0.5, 0.6) is 0 Å². The molecule has 5 nitrogen and oxygen atoms in total. The average molecular weight is 187 g/mol. The van der Waals surface area contributed by atoms with Gasteiger partial charge in [0.15, 0.2) is 10.9 Å². The summed E-state index contributed by atoms with van der Waals surface area (Å²) in [5.74, 6) is 0.405. The van der Waals surface area contributed by atoms with Gasteiger partial charge in [-0.2, -0.15) is 5.10 Å². The Hall–Kier alpha value is -0.880. The van der Waals surface area contributed by atoms with Crippen LogP contribution in [0.3, 0.4) is 0 Å². The zero-order chi connectivity index (χ0) is 8.81. The number of rotatable bonds is 5. The number of nitrogens with zero attached hydrogens (tertiary/aromatic N) is 2. The maximum atomic E-state index is 10.9. The van der Waals surface area contributed by atoms with Gasteiger partial charge in [0.25, 0.3) is 0 Å². The summed E-state index contributed by atoms with van der Waals surface area (Å²) in [6.45, 7) is 0.154. The molecule has 12 heavy (non-hydrogen) atoms. The lowest BCUT2D eigenvalue weighted by Crippen LogP contribution is -2.08. The molecule has 0 aliphatic rings. The molecule has 1 aromatic rings. The molecule has 0 aliphatic carbocycles. The molecule has 0 saturated heterocycles. The third kappa shape index (κ3) is 3.02. The Labute approximate surface area is 73.9 Å². The van der Waals surface area contributed by atoms with Crippen LogP contribution in [0.15, 0.2) is 11.5 Å². The number of carbonyl (C=O) groups is 1. The second kappa shape index (κ2) is 4.89. The quantitative estimate of drug-likeness (QED) is 0.663. The van der Waals surface area contributed by atoms with E-state index in [2.05, 4.69) is 19.9 Å². The first-order valence-electron chi connectivity index (χ1n) is 3.31. The van der Waals surface area contributed by atoms with Gasteiger partial charge < -0.3 is 4.74 Å². The van der Waals surface area contributed by atoms with Crippen molar-refractivity contribution in [1.29, 1.82) is 0 Å². The highest BCUT2D eigenvalue weighted by Crippen LogP contribution is 2.09. The number of ketones is 1. The molecular formula is C6H9N3O2S. The second-order valence-electron chi connectivity index (χ2n) is 2.05. The molecule has 0 amide bonds. The van der Waals surface area contributed by atoms with E-state index in [-0.39, 0.29) is 12.4 Å². The Bertz CT molecular complexity index is 237. The summed E-state index contributed by atoms with van der Waals surface area (Å²) < 4.78 is 4.66. The predicted molar refractivity (Wildman–Crippen MR) is 44.0 cm³/mol. The monoisotopic (exact) mass is 187 g/mol. The molecule has 0 aromatic carbocycles. The van der Waals surface area contributed by atoms with Gasteiger partial charge in [-0.15, -0.1) is 0 Å². The lowest BCUT2D eigenvalue weighted by atomic mass is 10.5. The summed E-state index contributed by atoms with van der Waals surface area (Å²) in [6, 6.07) is 0. The number of aromatic amines is 1. The van der Waals surface area contributed by atoms with E-state index in [1.165, 1.54) is 25.2 Å². The molecule has 0 atom stereocenters. The summed E-state index contributed by atoms with van der Waals surface area (Å²) in [7, 11) is 1.50. The van der Waals surface area contributed by atoms with E-state index in [9.17, 15) is 4.79 Å². The summed E-state index contributed by atoms with van der Waals surface area (Å²) in [5.41, 5.74) is 0. The van der Waals surface area contributed by atoms with Crippen molar-refractivity contribution in [1.82, 2.24) is 15.2 Å². The molecule has 0 saturated carbocycles. The van der Waals surface area contributed by atoms with Crippen molar-refractivity contribution in [2.24, 2.45) is 0 Å². The van der Waals surface area contributed by atoms with Crippen LogP contribution in [0.4, 0.5) is 0 Å². The van der Waals surface area contributed by atoms with Gasteiger partial charge in [0.2, 0.25) is 0 Å². The Morgan fingerprint density at radius 3 is 3.25 bits per heavy atom. The molecule has 1 aromatic heterocycles. The first-order valence-corrected chi connectivity index (χ1v) is 4.30. The number of methoxy groups -OCH3 is 1. The van der Waals surface area contributed by atoms with Gasteiger partial charge in [-0.05, 0) is 0 Å². The average Bonchev–Trinajstić information content (AvgIpc) is 2.53. The largest absolute Gasteiger partial charge is 0.377 e. The first kappa shape index (κ1) is 9.21. The van der Waals surface area contributed by atoms with Crippen LogP contribution in [-0.2, 0) is 9.53 Å². The zero-order valence-corrected chi connectivity index (χ0v) is 7.43. The molecule has 6 heteroatoms. The van der Waals surface area contributed by atoms with Crippen LogP contribution in [0.25, 0.3) is 0 Å². The molecule has 1 N–H and O–H groups in total. The number of hydrogen-bond donors (Lipinski definition) is 1. The van der Waals surface area contributed by atoms with Gasteiger partial charge in [0.05, 0.1) is 5.75 Å². The molecule has 0 fully saturated rings. The molecule has 0 unspecified atom stereocenters. The SMILES string of the molecule is COCC(=O)CSc1ncn[nH]1. The van der Waals surface area contributed by atoms with Crippen LogP contribution < -0.4 is 0 Å². The summed E-state index contributed by atoms with van der Waals surface area (Å²) in [4.78, 5) is 14.8. The van der Waals surface area contributed by atoms with E-state index < -0.39 is 0 Å². The van der Waals surface area contributed by atoms with E-state index in [4.69, 9.17) is 0 Å². The highest BCUT2D eigenvalue weighted by atomic mass is 32.2. The minimum Gasteiger partial charge on any atom is -0.377 e. The van der Waals surface area contributed by atoms with Crippen molar-refractivity contribution in [2.75, 3.05) is 19.5 Å². The highest BCUT2D eigenvalue weighted by Gasteiger charge is 2.03. The standard InChI is InChI=1S/C6H9N3O2S/c1-11-2-5(10)3-12-6-7-4-8-9-6/h4H,2-3H2,1H3,(H,7,8,9). The number of ether oxygens (including phenoxy) is 1. The molecule has 1 rings (SSSR count). The maximum Gasteiger partial charge on any atom is 0.183 e. The fraction of sp³-hybridized carbons (Fsp3) is 0.500. The number of Topliss-reactive ketones (excluding diaryl/α,β-unsaturated/α-hetero) is 1. The van der Waals surface area contributed by atoms with Gasteiger partial charge in [-0.1, -0.05) is 11.8 Å². The Balaban J connectivity index is 2.22. The van der Waals surface area contributed by atoms with E-state index in [1.807, 2.05) is 0 Å². The minimum atomic E-state index is 0.0406. The Morgan fingerprint density at radius 2 is 2.67 bits per heavy atom. The molecule has 0 aliphatic heterocycles. The highest BCUT2D eigenvalue weighted by molar-refractivity contribution is 7.99. The summed E-state index contributed by atoms with van der Waals surface area (Å²) in [5, 5.41) is 6.94. The van der Waals surface area contributed by atoms with Crippen LogP contribution in [0.2, 0.25) is 0 Å². The fourth-order valence-corrected chi connectivity index (χ4v) is 1.24. The molecule has 66 valence electrons. The van der Waals surface area contributed by atoms with Crippen LogP contribution >= 0.6 is 11.8 Å². The number of thioether (sulfide) groups is 1. The van der Waals surface area contributed by atoms with E-state index in [1.54, 1.807) is 0 Å². The minimum absolute atomic E-state index is 0.0406. The molecule has 1 heterocycles. The fourth-order valence-electron chi connectivity index (χ4n) is 0.615. The summed E-state index contributed by atoms with van der Waals surface area (Å²) >= 11 is 1.32. The van der Waals surface area contributed by atoms with Crippen molar-refractivity contribution in [3.63, 3.8) is 0 Å². The third-order valence-corrected chi connectivity index (χ3v) is 2.00. The number of carbonyl (C=O) groups excluding carboxylic acids is 1. The van der Waals surface area contributed by atoms with Gasteiger partial charge in [0.1, 0.15) is 12.9 Å². The lowest BCUT2D eigenvalue weighted by Gasteiger charge is -1.95. The summed E-state index contributed by atoms with van der Waals surface area (Å²) in [6.07, 6.45) is 1.41. The van der Waals surface area contributed by atoms with Crippen molar-refractivity contribution >= 4 is 17.5 Å². The molecular weight excluding hydrogens is 178 g/mol. The van der Waals surface area contributed by atoms with E-state index in [0.717, 1.165) is 0 Å². The van der Waals surface area contributed by atoms with Crippen LogP contribution in [0, 0.1) is 0 Å². The smallest absolute Gasteiger partial charge is 0.183 e. The van der Waals surface area contributed by atoms with Crippen molar-refractivity contribution < 1.29 is 9.53 Å². The maximum absolute atomic E-state index is 10.9.